The van der Waals surface area contributed by atoms with Crippen LogP contribution in [0.25, 0.3) is 0 Å². The van der Waals surface area contributed by atoms with Gasteiger partial charge in [-0.1, -0.05) is 0 Å². The van der Waals surface area contributed by atoms with Crippen molar-refractivity contribution in [3.05, 3.63) is 35.1 Å². The van der Waals surface area contributed by atoms with Crippen molar-refractivity contribution < 1.29 is 22.7 Å². The number of alkyl halides is 3. The topological polar surface area (TPSA) is 20.2 Å². The highest BCUT2D eigenvalue weighted by Crippen LogP contribution is 2.30. The fraction of sp³-hybridized carbons (Fsp3) is 0.400. The number of benzene rings is 1. The van der Waals surface area contributed by atoms with Gasteiger partial charge < -0.3 is 5.11 Å². The third kappa shape index (κ3) is 3.20. The first-order valence-electron chi connectivity index (χ1n) is 4.41. The number of aryl methyl sites for hydroxylation is 1. The number of rotatable bonds is 3. The monoisotopic (exact) mass is 222 g/mol. The van der Waals surface area contributed by atoms with Crippen molar-refractivity contribution in [2.24, 2.45) is 0 Å². The fourth-order valence-corrected chi connectivity index (χ4v) is 1.21. The van der Waals surface area contributed by atoms with E-state index < -0.39 is 17.6 Å². The molecule has 0 heterocycles. The van der Waals surface area contributed by atoms with Crippen LogP contribution in [0.3, 0.4) is 0 Å². The highest BCUT2D eigenvalue weighted by Gasteiger charge is 2.30. The molecule has 15 heavy (non-hydrogen) atoms. The summed E-state index contributed by atoms with van der Waals surface area (Å²) in [5, 5.41) is 8.50. The van der Waals surface area contributed by atoms with E-state index >= 15 is 0 Å². The van der Waals surface area contributed by atoms with E-state index in [1.54, 1.807) is 0 Å². The van der Waals surface area contributed by atoms with E-state index in [4.69, 9.17) is 5.11 Å². The van der Waals surface area contributed by atoms with E-state index in [1.807, 2.05) is 0 Å². The van der Waals surface area contributed by atoms with Crippen molar-refractivity contribution in [2.45, 2.75) is 19.0 Å². The summed E-state index contributed by atoms with van der Waals surface area (Å²) < 4.78 is 49.8. The summed E-state index contributed by atoms with van der Waals surface area (Å²) in [7, 11) is 0. The summed E-state index contributed by atoms with van der Waals surface area (Å²) in [4.78, 5) is 0. The van der Waals surface area contributed by atoms with Crippen LogP contribution in [0.2, 0.25) is 0 Å². The molecular weight excluding hydrogens is 212 g/mol. The van der Waals surface area contributed by atoms with Crippen LogP contribution < -0.4 is 0 Å². The molecule has 0 saturated heterocycles. The Morgan fingerprint density at radius 3 is 2.40 bits per heavy atom. The Morgan fingerprint density at radius 2 is 1.87 bits per heavy atom. The molecule has 1 aromatic rings. The Labute approximate surface area is 84.3 Å². The maximum Gasteiger partial charge on any atom is 0.416 e. The summed E-state index contributed by atoms with van der Waals surface area (Å²) in [6, 6.07) is 2.29. The second-order valence-corrected chi connectivity index (χ2v) is 3.13. The van der Waals surface area contributed by atoms with Gasteiger partial charge in [0.05, 0.1) is 5.56 Å². The smallest absolute Gasteiger partial charge is 0.396 e. The third-order valence-electron chi connectivity index (χ3n) is 1.98. The first kappa shape index (κ1) is 12.0. The van der Waals surface area contributed by atoms with Crippen LogP contribution in [0.5, 0.6) is 0 Å². The molecular formula is C10H10F4O. The van der Waals surface area contributed by atoms with Crippen LogP contribution in [-0.4, -0.2) is 11.7 Å². The molecule has 1 nitrogen and oxygen atoms in total. The molecule has 0 atom stereocenters. The van der Waals surface area contributed by atoms with Gasteiger partial charge in [0.2, 0.25) is 0 Å². The summed E-state index contributed by atoms with van der Waals surface area (Å²) in [5.41, 5.74) is -0.879. The van der Waals surface area contributed by atoms with Gasteiger partial charge in [0.1, 0.15) is 5.82 Å². The molecule has 0 radical (unpaired) electrons. The first-order valence-corrected chi connectivity index (χ1v) is 4.41. The van der Waals surface area contributed by atoms with Crippen LogP contribution >= 0.6 is 0 Å². The predicted molar refractivity (Wildman–Crippen MR) is 46.8 cm³/mol. The van der Waals surface area contributed by atoms with Crippen molar-refractivity contribution in [3.8, 4) is 0 Å². The molecule has 0 amide bonds. The van der Waals surface area contributed by atoms with Crippen LogP contribution in [0, 0.1) is 5.82 Å². The van der Waals surface area contributed by atoms with Crippen molar-refractivity contribution >= 4 is 0 Å². The summed E-state index contributed by atoms with van der Waals surface area (Å²) >= 11 is 0. The molecule has 84 valence electrons. The number of halogens is 4. The zero-order valence-electron chi connectivity index (χ0n) is 7.81. The lowest BCUT2D eigenvalue weighted by atomic mass is 10.1. The normalized spacial score (nSPS) is 11.8. The second-order valence-electron chi connectivity index (χ2n) is 3.13. The molecule has 1 N–H and O–H groups in total. The third-order valence-corrected chi connectivity index (χ3v) is 1.98. The first-order chi connectivity index (χ1) is 6.95. The molecule has 0 aliphatic rings. The zero-order valence-corrected chi connectivity index (χ0v) is 7.81. The molecule has 5 heteroatoms. The molecule has 1 rings (SSSR count). The van der Waals surface area contributed by atoms with Crippen LogP contribution in [0.15, 0.2) is 18.2 Å². The largest absolute Gasteiger partial charge is 0.416 e. The van der Waals surface area contributed by atoms with E-state index in [2.05, 4.69) is 0 Å². The van der Waals surface area contributed by atoms with Gasteiger partial charge in [-0.25, -0.2) is 4.39 Å². The predicted octanol–water partition coefficient (Wildman–Crippen LogP) is 2.77. The average Bonchev–Trinajstić information content (AvgIpc) is 2.15. The molecule has 0 aliphatic heterocycles. The molecule has 0 aromatic heterocycles. The van der Waals surface area contributed by atoms with Gasteiger partial charge >= 0.3 is 6.18 Å². The lowest BCUT2D eigenvalue weighted by Crippen LogP contribution is -2.06. The molecule has 0 saturated carbocycles. The summed E-state index contributed by atoms with van der Waals surface area (Å²) in [6.45, 7) is -0.171. The van der Waals surface area contributed by atoms with Gasteiger partial charge in [0, 0.05) is 6.61 Å². The molecule has 0 aliphatic carbocycles. The van der Waals surface area contributed by atoms with Gasteiger partial charge in [-0.05, 0) is 36.6 Å². The van der Waals surface area contributed by atoms with E-state index in [1.165, 1.54) is 0 Å². The summed E-state index contributed by atoms with van der Waals surface area (Å²) in [6.07, 6.45) is -4.11. The van der Waals surface area contributed by atoms with Crippen LogP contribution in [0.4, 0.5) is 17.6 Å². The van der Waals surface area contributed by atoms with Gasteiger partial charge in [-0.2, -0.15) is 13.2 Å². The maximum atomic E-state index is 13.0. The molecule has 0 fully saturated rings. The van der Waals surface area contributed by atoms with Crippen molar-refractivity contribution in [1.82, 2.24) is 0 Å². The molecule has 1 aromatic carbocycles. The van der Waals surface area contributed by atoms with Gasteiger partial charge in [0.15, 0.2) is 0 Å². The van der Waals surface area contributed by atoms with E-state index in [0.29, 0.717) is 6.07 Å². The summed E-state index contributed by atoms with van der Waals surface area (Å²) in [5.74, 6) is -0.670. The minimum atomic E-state index is -4.46. The zero-order chi connectivity index (χ0) is 11.5. The Balaban J connectivity index is 2.95. The Hall–Kier alpha value is -1.10. The van der Waals surface area contributed by atoms with Gasteiger partial charge in [-0.15, -0.1) is 0 Å². The number of hydrogen-bond donors (Lipinski definition) is 1. The van der Waals surface area contributed by atoms with Crippen molar-refractivity contribution in [3.63, 3.8) is 0 Å². The average molecular weight is 222 g/mol. The quantitative estimate of drug-likeness (QED) is 0.779. The highest BCUT2D eigenvalue weighted by atomic mass is 19.4. The minimum absolute atomic E-state index is 0.0149. The lowest BCUT2D eigenvalue weighted by Gasteiger charge is -2.09. The van der Waals surface area contributed by atoms with Gasteiger partial charge in [0.25, 0.3) is 0 Å². The van der Waals surface area contributed by atoms with Crippen molar-refractivity contribution in [1.29, 1.82) is 0 Å². The minimum Gasteiger partial charge on any atom is -0.396 e. The number of aliphatic hydroxyl groups is 1. The molecule has 0 unspecified atom stereocenters. The number of aliphatic hydroxyl groups excluding tert-OH is 1. The second kappa shape index (κ2) is 4.61. The number of hydrogen-bond acceptors (Lipinski definition) is 1. The fourth-order valence-electron chi connectivity index (χ4n) is 1.21. The van der Waals surface area contributed by atoms with Gasteiger partial charge in [-0.3, -0.25) is 0 Å². The van der Waals surface area contributed by atoms with E-state index in [-0.39, 0.29) is 25.0 Å². The SMILES string of the molecule is OCCCc1cc(C(F)(F)F)ccc1F. The Bertz CT molecular complexity index is 333. The molecule has 0 bridgehead atoms. The maximum absolute atomic E-state index is 13.0. The van der Waals surface area contributed by atoms with E-state index in [9.17, 15) is 17.6 Å². The van der Waals surface area contributed by atoms with Crippen LogP contribution in [-0.2, 0) is 12.6 Å². The van der Waals surface area contributed by atoms with Crippen molar-refractivity contribution in [2.75, 3.05) is 6.61 Å². The highest BCUT2D eigenvalue weighted by molar-refractivity contribution is 5.27. The molecule has 0 spiro atoms. The Morgan fingerprint density at radius 1 is 1.20 bits per heavy atom. The Kier molecular flexibility index (Phi) is 3.68. The van der Waals surface area contributed by atoms with Crippen LogP contribution in [0.1, 0.15) is 17.5 Å². The lowest BCUT2D eigenvalue weighted by molar-refractivity contribution is -0.137. The van der Waals surface area contributed by atoms with E-state index in [0.717, 1.165) is 12.1 Å². The standard InChI is InChI=1S/C10H10F4O/c11-9-4-3-8(10(12,13)14)6-7(9)2-1-5-15/h3-4,6,15H,1-2,5H2.